The molecular formula is C16H19ClN4OS. The van der Waals surface area contributed by atoms with Crippen LogP contribution in [0.15, 0.2) is 24.3 Å². The molecular weight excluding hydrogens is 332 g/mol. The van der Waals surface area contributed by atoms with E-state index in [0.717, 1.165) is 37.9 Å². The second-order valence-electron chi connectivity index (χ2n) is 5.67. The number of halogens is 1. The van der Waals surface area contributed by atoms with Crippen LogP contribution in [0, 0.1) is 5.92 Å². The Balaban J connectivity index is 1.54. The van der Waals surface area contributed by atoms with E-state index in [-0.39, 0.29) is 5.91 Å². The Morgan fingerprint density at radius 2 is 2.09 bits per heavy atom. The molecule has 0 atom stereocenters. The molecule has 2 N–H and O–H groups in total. The molecule has 1 amide bonds. The van der Waals surface area contributed by atoms with Crippen molar-refractivity contribution in [2.45, 2.75) is 25.7 Å². The van der Waals surface area contributed by atoms with Gasteiger partial charge in [0.2, 0.25) is 11.0 Å². The zero-order valence-corrected chi connectivity index (χ0v) is 14.3. The highest BCUT2D eigenvalue weighted by molar-refractivity contribution is 7.18. The van der Waals surface area contributed by atoms with E-state index in [1.165, 1.54) is 11.3 Å². The van der Waals surface area contributed by atoms with Crippen LogP contribution in [0.3, 0.4) is 0 Å². The molecule has 1 aliphatic heterocycles. The minimum absolute atomic E-state index is 0.00499. The highest BCUT2D eigenvalue weighted by Crippen LogP contribution is 2.31. The van der Waals surface area contributed by atoms with Crippen molar-refractivity contribution in [2.24, 2.45) is 5.92 Å². The number of hydrogen-bond acceptors (Lipinski definition) is 5. The molecule has 7 heteroatoms. The van der Waals surface area contributed by atoms with Crippen molar-refractivity contribution >= 4 is 34.0 Å². The van der Waals surface area contributed by atoms with Crippen LogP contribution < -0.4 is 10.6 Å². The number of aromatic nitrogens is 2. The minimum atomic E-state index is 0.00499. The number of benzene rings is 1. The van der Waals surface area contributed by atoms with Crippen LogP contribution in [0.4, 0.5) is 5.13 Å². The van der Waals surface area contributed by atoms with Gasteiger partial charge in [-0.25, -0.2) is 0 Å². The molecule has 3 rings (SSSR count). The lowest BCUT2D eigenvalue weighted by atomic mass is 9.93. The lowest BCUT2D eigenvalue weighted by molar-refractivity contribution is -0.116. The Hall–Kier alpha value is -1.50. The summed E-state index contributed by atoms with van der Waals surface area (Å²) in [6.45, 7) is 2.12. The number of carbonyl (C=O) groups excluding carboxylic acids is 1. The third-order valence-electron chi connectivity index (χ3n) is 4.01. The second-order valence-corrected chi connectivity index (χ2v) is 7.06. The van der Waals surface area contributed by atoms with Crippen molar-refractivity contribution < 1.29 is 4.79 Å². The zero-order chi connectivity index (χ0) is 16.1. The largest absolute Gasteiger partial charge is 0.317 e. The number of hydrogen-bond donors (Lipinski definition) is 2. The molecule has 23 heavy (non-hydrogen) atoms. The van der Waals surface area contributed by atoms with Gasteiger partial charge in [0, 0.05) is 12.0 Å². The van der Waals surface area contributed by atoms with Gasteiger partial charge in [0.05, 0.1) is 5.02 Å². The third-order valence-corrected chi connectivity index (χ3v) is 5.22. The first kappa shape index (κ1) is 16.4. The fourth-order valence-corrected chi connectivity index (χ4v) is 3.79. The topological polar surface area (TPSA) is 66.9 Å². The first-order valence-corrected chi connectivity index (χ1v) is 9.01. The predicted molar refractivity (Wildman–Crippen MR) is 93.8 cm³/mol. The summed E-state index contributed by atoms with van der Waals surface area (Å²) in [5.41, 5.74) is 0.835. The van der Waals surface area contributed by atoms with E-state index in [0.29, 0.717) is 27.5 Å². The molecule has 1 aromatic heterocycles. The van der Waals surface area contributed by atoms with E-state index in [1.807, 2.05) is 24.3 Å². The fraction of sp³-hybridized carbons (Fsp3) is 0.438. The normalized spacial score (nSPS) is 15.5. The van der Waals surface area contributed by atoms with Crippen LogP contribution in [0.5, 0.6) is 0 Å². The molecule has 0 aliphatic carbocycles. The van der Waals surface area contributed by atoms with Crippen molar-refractivity contribution in [3.05, 3.63) is 29.3 Å². The number of carbonyl (C=O) groups is 1. The van der Waals surface area contributed by atoms with Gasteiger partial charge in [0.15, 0.2) is 5.01 Å². The number of nitrogens with one attached hydrogen (secondary N) is 2. The Kier molecular flexibility index (Phi) is 5.59. The number of amides is 1. The number of anilines is 1. The molecule has 2 aromatic rings. The van der Waals surface area contributed by atoms with Gasteiger partial charge in [-0.2, -0.15) is 0 Å². The monoisotopic (exact) mass is 350 g/mol. The van der Waals surface area contributed by atoms with Gasteiger partial charge in [-0.05, 0) is 44.3 Å². The number of rotatable bonds is 5. The average Bonchev–Trinajstić information content (AvgIpc) is 3.02. The molecule has 0 unspecified atom stereocenters. The van der Waals surface area contributed by atoms with Crippen LogP contribution in [0.2, 0.25) is 5.02 Å². The van der Waals surface area contributed by atoms with E-state index < -0.39 is 0 Å². The lowest BCUT2D eigenvalue weighted by Gasteiger charge is -2.21. The minimum Gasteiger partial charge on any atom is -0.317 e. The summed E-state index contributed by atoms with van der Waals surface area (Å²) in [7, 11) is 0. The van der Waals surface area contributed by atoms with Crippen LogP contribution in [0.25, 0.3) is 10.6 Å². The van der Waals surface area contributed by atoms with E-state index in [2.05, 4.69) is 20.8 Å². The highest BCUT2D eigenvalue weighted by Gasteiger charge is 2.16. The summed E-state index contributed by atoms with van der Waals surface area (Å²) in [5.74, 6) is 0.653. The van der Waals surface area contributed by atoms with Gasteiger partial charge in [0.25, 0.3) is 0 Å². The van der Waals surface area contributed by atoms with E-state index >= 15 is 0 Å². The van der Waals surface area contributed by atoms with Gasteiger partial charge in [-0.1, -0.05) is 41.1 Å². The summed E-state index contributed by atoms with van der Waals surface area (Å²) in [6.07, 6.45) is 3.78. The van der Waals surface area contributed by atoms with Crippen LogP contribution in [0.1, 0.15) is 25.7 Å². The Morgan fingerprint density at radius 3 is 2.87 bits per heavy atom. The summed E-state index contributed by atoms with van der Waals surface area (Å²) >= 11 is 7.50. The van der Waals surface area contributed by atoms with Gasteiger partial charge in [0.1, 0.15) is 0 Å². The molecule has 0 spiro atoms. The standard InChI is InChI=1S/C16H19ClN4OS/c17-13-4-2-1-3-12(13)15-20-21-16(23-15)19-14(22)6-5-11-7-9-18-10-8-11/h1-4,11,18H,5-10H2,(H,19,21,22). The van der Waals surface area contributed by atoms with E-state index in [9.17, 15) is 4.79 Å². The van der Waals surface area contributed by atoms with Crippen LogP contribution >= 0.6 is 22.9 Å². The lowest BCUT2D eigenvalue weighted by Crippen LogP contribution is -2.28. The van der Waals surface area contributed by atoms with Crippen LogP contribution in [-0.4, -0.2) is 29.2 Å². The SMILES string of the molecule is O=C(CCC1CCNCC1)Nc1nnc(-c2ccccc2Cl)s1. The molecule has 1 fully saturated rings. The number of nitrogens with zero attached hydrogens (tertiary/aromatic N) is 2. The van der Waals surface area contributed by atoms with E-state index in [4.69, 9.17) is 11.6 Å². The molecule has 0 bridgehead atoms. The Labute approximate surface area is 144 Å². The second kappa shape index (κ2) is 7.86. The molecule has 1 aromatic carbocycles. The molecule has 0 saturated carbocycles. The quantitative estimate of drug-likeness (QED) is 0.865. The van der Waals surface area contributed by atoms with Gasteiger partial charge in [-0.3, -0.25) is 4.79 Å². The van der Waals surface area contributed by atoms with Crippen molar-refractivity contribution in [3.63, 3.8) is 0 Å². The molecule has 1 aliphatic rings. The summed E-state index contributed by atoms with van der Waals surface area (Å²) in [4.78, 5) is 12.1. The first-order chi connectivity index (χ1) is 11.2. The summed E-state index contributed by atoms with van der Waals surface area (Å²) in [6, 6.07) is 7.48. The van der Waals surface area contributed by atoms with E-state index in [1.54, 1.807) is 0 Å². The van der Waals surface area contributed by atoms with Crippen molar-refractivity contribution in [1.82, 2.24) is 15.5 Å². The average molecular weight is 351 g/mol. The third kappa shape index (κ3) is 4.50. The van der Waals surface area contributed by atoms with Gasteiger partial charge < -0.3 is 10.6 Å². The predicted octanol–water partition coefficient (Wildman–Crippen LogP) is 3.58. The first-order valence-electron chi connectivity index (χ1n) is 7.81. The van der Waals surface area contributed by atoms with Gasteiger partial charge >= 0.3 is 0 Å². The van der Waals surface area contributed by atoms with Crippen LogP contribution in [-0.2, 0) is 4.79 Å². The maximum absolute atomic E-state index is 12.1. The number of piperidine rings is 1. The molecule has 1 saturated heterocycles. The summed E-state index contributed by atoms with van der Waals surface area (Å²) in [5, 5.41) is 16.2. The zero-order valence-electron chi connectivity index (χ0n) is 12.7. The smallest absolute Gasteiger partial charge is 0.226 e. The van der Waals surface area contributed by atoms with Gasteiger partial charge in [-0.15, -0.1) is 10.2 Å². The molecule has 5 nitrogen and oxygen atoms in total. The molecule has 122 valence electrons. The maximum Gasteiger partial charge on any atom is 0.226 e. The Bertz CT molecular complexity index is 670. The van der Waals surface area contributed by atoms with Crippen molar-refractivity contribution in [2.75, 3.05) is 18.4 Å². The Morgan fingerprint density at radius 1 is 1.30 bits per heavy atom. The fourth-order valence-electron chi connectivity index (χ4n) is 2.70. The molecule has 2 heterocycles. The maximum atomic E-state index is 12.1. The molecule has 0 radical (unpaired) electrons. The van der Waals surface area contributed by atoms with Crippen molar-refractivity contribution in [3.8, 4) is 10.6 Å². The highest BCUT2D eigenvalue weighted by atomic mass is 35.5. The summed E-state index contributed by atoms with van der Waals surface area (Å²) < 4.78 is 0. The van der Waals surface area contributed by atoms with Crippen molar-refractivity contribution in [1.29, 1.82) is 0 Å².